The molecule has 7 aromatic rings. The number of benzene rings is 2. The summed E-state index contributed by atoms with van der Waals surface area (Å²) >= 11 is 1.49. The zero-order valence-electron chi connectivity index (χ0n) is 30.4. The Labute approximate surface area is 316 Å². The zero-order chi connectivity index (χ0) is 38.2. The molecule has 5 heterocycles. The van der Waals surface area contributed by atoms with E-state index >= 15 is 0 Å². The van der Waals surface area contributed by atoms with Crippen molar-refractivity contribution in [3.8, 4) is 22.5 Å². The standard InChI is InChI=1S/C21H20N6OS.C19H21N5O/c1-2-13-5-3-4-6-16(13)18-7-14-8-19(24-11-17(14)20(22)26-18)27-21(28)25-10-15-9-23-12-29-15;1-4-12-7-5-6-8-14(12)16-9-13-10-17(23-19(25)24(2)3)21-11-15(13)18(20)22-16/h3-9,11-12H,2,10H2,1H3,(H2,22,26)(H2,24,25,27,28);5-11H,4H2,1-3H3,(H2,20,22)(H,21,23,25). The number of amides is 4. The summed E-state index contributed by atoms with van der Waals surface area (Å²) in [6.45, 7) is 4.64. The van der Waals surface area contributed by atoms with Crippen LogP contribution in [-0.2, 0) is 19.4 Å². The fraction of sp³-hybridized carbons (Fsp3) is 0.175. The summed E-state index contributed by atoms with van der Waals surface area (Å²) in [4.78, 5) is 48.0. The number of carbonyl (C=O) groups excluding carboxylic acids is 2. The minimum atomic E-state index is -0.330. The summed E-state index contributed by atoms with van der Waals surface area (Å²) in [7, 11) is 3.36. The van der Waals surface area contributed by atoms with Crippen LogP contribution in [0.15, 0.2) is 96.9 Å². The van der Waals surface area contributed by atoms with E-state index < -0.39 is 0 Å². The van der Waals surface area contributed by atoms with Crippen LogP contribution in [0.3, 0.4) is 0 Å². The molecule has 0 bridgehead atoms. The third-order valence-electron chi connectivity index (χ3n) is 8.63. The van der Waals surface area contributed by atoms with Crippen molar-refractivity contribution in [2.24, 2.45) is 0 Å². The predicted molar refractivity (Wildman–Crippen MR) is 218 cm³/mol. The predicted octanol–water partition coefficient (Wildman–Crippen LogP) is 7.75. The number of hydrogen-bond acceptors (Lipinski definition) is 10. The van der Waals surface area contributed by atoms with Crippen LogP contribution in [0.4, 0.5) is 32.9 Å². The maximum absolute atomic E-state index is 12.2. The molecular weight excluding hydrogens is 699 g/mol. The van der Waals surface area contributed by atoms with Crippen LogP contribution in [0.1, 0.15) is 29.9 Å². The molecule has 0 aliphatic carbocycles. The molecule has 0 unspecified atom stereocenters. The van der Waals surface area contributed by atoms with Gasteiger partial charge in [-0.3, -0.25) is 15.6 Å². The first kappa shape index (κ1) is 37.1. The van der Waals surface area contributed by atoms with Gasteiger partial charge in [0.1, 0.15) is 23.3 Å². The number of aromatic nitrogens is 5. The summed E-state index contributed by atoms with van der Waals surface area (Å²) in [5.41, 5.74) is 20.2. The molecule has 7 N–H and O–H groups in total. The van der Waals surface area contributed by atoms with Crippen LogP contribution < -0.4 is 27.4 Å². The smallest absolute Gasteiger partial charge is 0.322 e. The quantitative estimate of drug-likeness (QED) is 0.104. The second kappa shape index (κ2) is 16.8. The van der Waals surface area contributed by atoms with Gasteiger partial charge in [0.15, 0.2) is 0 Å². The highest BCUT2D eigenvalue weighted by molar-refractivity contribution is 7.09. The molecule has 0 atom stereocenters. The molecule has 2 aromatic carbocycles. The van der Waals surface area contributed by atoms with E-state index in [1.165, 1.54) is 27.4 Å². The highest BCUT2D eigenvalue weighted by Crippen LogP contribution is 2.31. The van der Waals surface area contributed by atoms with Crippen molar-refractivity contribution in [1.29, 1.82) is 0 Å². The van der Waals surface area contributed by atoms with Crippen LogP contribution in [0.5, 0.6) is 0 Å². The Morgan fingerprint density at radius 2 is 1.24 bits per heavy atom. The number of carbonyl (C=O) groups is 2. The first-order valence-corrected chi connectivity index (χ1v) is 18.2. The molecule has 5 aromatic heterocycles. The molecule has 0 radical (unpaired) electrons. The lowest BCUT2D eigenvalue weighted by Crippen LogP contribution is -2.28. The van der Waals surface area contributed by atoms with E-state index in [0.29, 0.717) is 29.8 Å². The van der Waals surface area contributed by atoms with E-state index in [0.717, 1.165) is 61.8 Å². The molecule has 7 rings (SSSR count). The highest BCUT2D eigenvalue weighted by atomic mass is 32.1. The van der Waals surface area contributed by atoms with E-state index in [1.54, 1.807) is 44.3 Å². The van der Waals surface area contributed by atoms with Gasteiger partial charge in [-0.15, -0.1) is 11.3 Å². The summed E-state index contributed by atoms with van der Waals surface area (Å²) in [5.74, 6) is 1.76. The van der Waals surface area contributed by atoms with Gasteiger partial charge in [0.2, 0.25) is 0 Å². The van der Waals surface area contributed by atoms with Crippen molar-refractivity contribution in [3.63, 3.8) is 0 Å². The minimum absolute atomic E-state index is 0.231. The molecule has 274 valence electrons. The Balaban J connectivity index is 0.000000186. The van der Waals surface area contributed by atoms with E-state index in [9.17, 15) is 9.59 Å². The van der Waals surface area contributed by atoms with E-state index in [4.69, 9.17) is 11.5 Å². The van der Waals surface area contributed by atoms with Gasteiger partial charge in [-0.25, -0.2) is 29.5 Å². The lowest BCUT2D eigenvalue weighted by Gasteiger charge is -2.13. The molecule has 0 spiro atoms. The van der Waals surface area contributed by atoms with Crippen molar-refractivity contribution in [2.45, 2.75) is 33.2 Å². The number of urea groups is 2. The normalized spacial score (nSPS) is 10.7. The van der Waals surface area contributed by atoms with Gasteiger partial charge in [-0.1, -0.05) is 62.4 Å². The summed E-state index contributed by atoms with van der Waals surface area (Å²) in [6, 6.07) is 23.3. The number of hydrogen-bond donors (Lipinski definition) is 5. The molecule has 54 heavy (non-hydrogen) atoms. The second-order valence-electron chi connectivity index (χ2n) is 12.5. The van der Waals surface area contributed by atoms with E-state index in [1.807, 2.05) is 54.6 Å². The number of fused-ring (bicyclic) bond motifs is 2. The molecule has 14 heteroatoms. The van der Waals surface area contributed by atoms with Gasteiger partial charge >= 0.3 is 12.1 Å². The third kappa shape index (κ3) is 8.68. The Morgan fingerprint density at radius 1 is 0.722 bits per heavy atom. The third-order valence-corrected chi connectivity index (χ3v) is 9.41. The molecule has 0 aliphatic rings. The van der Waals surface area contributed by atoms with Gasteiger partial charge in [0, 0.05) is 59.5 Å². The highest BCUT2D eigenvalue weighted by Gasteiger charge is 2.13. The van der Waals surface area contributed by atoms with Crippen molar-refractivity contribution in [3.05, 3.63) is 113 Å². The number of pyridine rings is 4. The number of nitrogen functional groups attached to an aromatic ring is 2. The lowest BCUT2D eigenvalue weighted by molar-refractivity contribution is 0.230. The van der Waals surface area contributed by atoms with Gasteiger partial charge in [-0.05, 0) is 59.0 Å². The van der Waals surface area contributed by atoms with Crippen molar-refractivity contribution >= 4 is 68.2 Å². The lowest BCUT2D eigenvalue weighted by atomic mass is 10.0. The van der Waals surface area contributed by atoms with Gasteiger partial charge < -0.3 is 21.7 Å². The zero-order valence-corrected chi connectivity index (χ0v) is 31.2. The van der Waals surface area contributed by atoms with Gasteiger partial charge in [-0.2, -0.15) is 0 Å². The topological polar surface area (TPSA) is 190 Å². The average Bonchev–Trinajstić information content (AvgIpc) is 3.71. The van der Waals surface area contributed by atoms with Crippen LogP contribution in [0.25, 0.3) is 44.1 Å². The Kier molecular flexibility index (Phi) is 11.5. The Morgan fingerprint density at radius 3 is 1.72 bits per heavy atom. The summed E-state index contributed by atoms with van der Waals surface area (Å²) < 4.78 is 0. The minimum Gasteiger partial charge on any atom is -0.383 e. The number of nitrogens with two attached hydrogens (primary N) is 2. The second-order valence-corrected chi connectivity index (χ2v) is 13.5. The molecule has 0 fully saturated rings. The summed E-state index contributed by atoms with van der Waals surface area (Å²) in [5, 5.41) is 11.6. The average molecular weight is 740 g/mol. The van der Waals surface area contributed by atoms with Crippen LogP contribution in [0, 0.1) is 0 Å². The van der Waals surface area contributed by atoms with E-state index in [-0.39, 0.29) is 12.1 Å². The van der Waals surface area contributed by atoms with Gasteiger partial charge in [0.05, 0.1) is 23.4 Å². The van der Waals surface area contributed by atoms with Crippen molar-refractivity contribution in [1.82, 2.24) is 35.1 Å². The molecule has 0 saturated heterocycles. The number of aryl methyl sites for hydroxylation is 2. The largest absolute Gasteiger partial charge is 0.383 e. The maximum atomic E-state index is 12.2. The SMILES string of the molecule is CCc1ccccc1-c1cc2cc(NC(=O)N(C)C)ncc2c(N)n1.CCc1ccccc1-c1cc2cc(NC(=O)NCc3cncs3)ncc2c(N)n1. The fourth-order valence-corrected chi connectivity index (χ4v) is 6.33. The van der Waals surface area contributed by atoms with Crippen LogP contribution in [0.2, 0.25) is 0 Å². The molecule has 0 aliphatic heterocycles. The van der Waals surface area contributed by atoms with Crippen molar-refractivity contribution < 1.29 is 9.59 Å². The van der Waals surface area contributed by atoms with Crippen LogP contribution in [-0.4, -0.2) is 56.0 Å². The molecule has 0 saturated carbocycles. The Bertz CT molecular complexity index is 2430. The number of rotatable bonds is 8. The number of nitrogens with one attached hydrogen (secondary N) is 3. The van der Waals surface area contributed by atoms with Gasteiger partial charge in [0.25, 0.3) is 0 Å². The first-order valence-electron chi connectivity index (χ1n) is 17.3. The van der Waals surface area contributed by atoms with Crippen LogP contribution >= 0.6 is 11.3 Å². The number of anilines is 4. The number of thiazole rings is 1. The first-order chi connectivity index (χ1) is 26.1. The Hall–Kier alpha value is -6.67. The monoisotopic (exact) mass is 739 g/mol. The molecular formula is C40H41N11O2S. The van der Waals surface area contributed by atoms with E-state index in [2.05, 4.69) is 66.9 Å². The fourth-order valence-electron chi connectivity index (χ4n) is 5.80. The molecule has 13 nitrogen and oxygen atoms in total. The molecule has 4 amide bonds. The number of nitrogens with zero attached hydrogens (tertiary/aromatic N) is 6. The maximum Gasteiger partial charge on any atom is 0.322 e. The summed E-state index contributed by atoms with van der Waals surface area (Å²) in [6.07, 6.45) is 6.81. The van der Waals surface area contributed by atoms with Crippen molar-refractivity contribution in [2.75, 3.05) is 36.2 Å².